The second kappa shape index (κ2) is 9.13. The van der Waals surface area contributed by atoms with Crippen molar-refractivity contribution >= 4 is 5.78 Å². The molecule has 0 saturated carbocycles. The van der Waals surface area contributed by atoms with Crippen molar-refractivity contribution < 1.29 is 18.7 Å². The summed E-state index contributed by atoms with van der Waals surface area (Å²) in [7, 11) is 1.77. The van der Waals surface area contributed by atoms with Gasteiger partial charge in [-0.2, -0.15) is 0 Å². The predicted octanol–water partition coefficient (Wildman–Crippen LogP) is 3.59. The van der Waals surface area contributed by atoms with Gasteiger partial charge in [0.05, 0.1) is 0 Å². The molecule has 4 rings (SSSR count). The third-order valence-electron chi connectivity index (χ3n) is 5.29. The molecule has 0 amide bonds. The van der Waals surface area contributed by atoms with Crippen LogP contribution in [-0.2, 0) is 18.4 Å². The average Bonchev–Trinajstić information content (AvgIpc) is 3.14. The first-order valence-electron chi connectivity index (χ1n) is 9.94. The number of nitrogens with zero attached hydrogens (tertiary/aromatic N) is 4. The van der Waals surface area contributed by atoms with Gasteiger partial charge in [-0.25, -0.2) is 14.1 Å². The van der Waals surface area contributed by atoms with Crippen LogP contribution in [-0.4, -0.2) is 39.0 Å². The van der Waals surface area contributed by atoms with Crippen molar-refractivity contribution in [3.8, 4) is 17.1 Å². The Labute approximate surface area is 173 Å². The summed E-state index contributed by atoms with van der Waals surface area (Å²) in [5.41, 5.74) is 2.71. The molecule has 2 aromatic heterocycles. The first-order valence-corrected chi connectivity index (χ1v) is 9.94. The SMILES string of the molecule is Cn1nnc(-c2ccc(F)cc2)c1COc1ccc(C(=O)CC2CCOCC2)cn1. The van der Waals surface area contributed by atoms with Crippen molar-refractivity contribution in [2.45, 2.75) is 25.9 Å². The van der Waals surface area contributed by atoms with Crippen LogP contribution in [0.15, 0.2) is 42.6 Å². The van der Waals surface area contributed by atoms with E-state index in [9.17, 15) is 9.18 Å². The van der Waals surface area contributed by atoms with Gasteiger partial charge in [0.25, 0.3) is 0 Å². The third-order valence-corrected chi connectivity index (χ3v) is 5.29. The predicted molar refractivity (Wildman–Crippen MR) is 107 cm³/mol. The summed E-state index contributed by atoms with van der Waals surface area (Å²) in [6.07, 6.45) is 3.93. The topological polar surface area (TPSA) is 79.1 Å². The molecule has 1 saturated heterocycles. The molecule has 0 radical (unpaired) electrons. The third kappa shape index (κ3) is 4.71. The minimum absolute atomic E-state index is 0.0929. The maximum Gasteiger partial charge on any atom is 0.213 e. The highest BCUT2D eigenvalue weighted by atomic mass is 19.1. The Hall–Kier alpha value is -3.13. The minimum atomic E-state index is -0.309. The Bertz CT molecular complexity index is 996. The van der Waals surface area contributed by atoms with Crippen LogP contribution in [0.25, 0.3) is 11.3 Å². The Balaban J connectivity index is 1.39. The zero-order valence-corrected chi connectivity index (χ0v) is 16.8. The fraction of sp³-hybridized carbons (Fsp3) is 0.364. The highest BCUT2D eigenvalue weighted by Crippen LogP contribution is 2.23. The average molecular weight is 410 g/mol. The van der Waals surface area contributed by atoms with Crippen molar-refractivity contribution in [1.29, 1.82) is 0 Å². The molecule has 1 aliphatic rings. The zero-order valence-electron chi connectivity index (χ0n) is 16.8. The molecule has 0 unspecified atom stereocenters. The lowest BCUT2D eigenvalue weighted by Crippen LogP contribution is -2.18. The number of carbonyl (C=O) groups is 1. The van der Waals surface area contributed by atoms with Crippen molar-refractivity contribution in [2.24, 2.45) is 13.0 Å². The first-order chi connectivity index (χ1) is 14.6. The number of rotatable bonds is 7. The maximum atomic E-state index is 13.2. The molecule has 3 heterocycles. The maximum absolute atomic E-state index is 13.2. The number of ketones is 1. The number of aromatic nitrogens is 4. The standard InChI is InChI=1S/C22H23FN4O3/c1-27-19(22(25-26-27)16-2-5-18(23)6-3-16)14-30-21-7-4-17(13-24-21)20(28)12-15-8-10-29-11-9-15/h2-7,13,15H,8-12,14H2,1H3. The summed E-state index contributed by atoms with van der Waals surface area (Å²) < 4.78 is 25.9. The van der Waals surface area contributed by atoms with Crippen LogP contribution in [0.2, 0.25) is 0 Å². The summed E-state index contributed by atoms with van der Waals surface area (Å²) in [5, 5.41) is 8.20. The lowest BCUT2D eigenvalue weighted by molar-refractivity contribution is 0.0601. The van der Waals surface area contributed by atoms with E-state index in [-0.39, 0.29) is 18.2 Å². The Morgan fingerprint density at radius 3 is 2.67 bits per heavy atom. The number of aryl methyl sites for hydroxylation is 1. The quantitative estimate of drug-likeness (QED) is 0.554. The molecule has 0 aliphatic carbocycles. The van der Waals surface area contributed by atoms with Gasteiger partial charge in [0.1, 0.15) is 23.8 Å². The van der Waals surface area contributed by atoms with Crippen LogP contribution in [0.1, 0.15) is 35.3 Å². The van der Waals surface area contributed by atoms with E-state index in [0.717, 1.165) is 37.3 Å². The Morgan fingerprint density at radius 2 is 1.97 bits per heavy atom. The fourth-order valence-electron chi connectivity index (χ4n) is 3.47. The van der Waals surface area contributed by atoms with Gasteiger partial charge >= 0.3 is 0 Å². The van der Waals surface area contributed by atoms with Crippen molar-refractivity contribution in [3.05, 3.63) is 59.7 Å². The molecule has 30 heavy (non-hydrogen) atoms. The van der Waals surface area contributed by atoms with E-state index < -0.39 is 0 Å². The van der Waals surface area contributed by atoms with Crippen LogP contribution in [0.5, 0.6) is 5.88 Å². The minimum Gasteiger partial charge on any atom is -0.471 e. The number of ether oxygens (including phenoxy) is 2. The monoisotopic (exact) mass is 410 g/mol. The smallest absolute Gasteiger partial charge is 0.213 e. The molecule has 1 aromatic carbocycles. The molecule has 0 N–H and O–H groups in total. The number of pyridine rings is 1. The van der Waals surface area contributed by atoms with Gasteiger partial charge in [0.2, 0.25) is 5.88 Å². The number of hydrogen-bond acceptors (Lipinski definition) is 6. The molecule has 0 spiro atoms. The molecule has 0 atom stereocenters. The van der Waals surface area contributed by atoms with Gasteiger partial charge in [0, 0.05) is 50.1 Å². The lowest BCUT2D eigenvalue weighted by atomic mass is 9.92. The van der Waals surface area contributed by atoms with Gasteiger partial charge in [-0.15, -0.1) is 5.10 Å². The second-order valence-corrected chi connectivity index (χ2v) is 7.37. The number of benzene rings is 1. The highest BCUT2D eigenvalue weighted by molar-refractivity contribution is 5.95. The van der Waals surface area contributed by atoms with Crippen LogP contribution >= 0.6 is 0 Å². The molecule has 3 aromatic rings. The van der Waals surface area contributed by atoms with Gasteiger partial charge in [-0.3, -0.25) is 4.79 Å². The Morgan fingerprint density at radius 1 is 1.20 bits per heavy atom. The van der Waals surface area contributed by atoms with E-state index in [1.807, 2.05) is 0 Å². The number of hydrogen-bond donors (Lipinski definition) is 0. The zero-order chi connectivity index (χ0) is 20.9. The summed E-state index contributed by atoms with van der Waals surface area (Å²) in [5.74, 6) is 0.569. The molecule has 7 nitrogen and oxygen atoms in total. The van der Waals surface area contributed by atoms with E-state index >= 15 is 0 Å². The molecule has 1 fully saturated rings. The van der Waals surface area contributed by atoms with Crippen molar-refractivity contribution in [3.63, 3.8) is 0 Å². The molecule has 1 aliphatic heterocycles. The lowest BCUT2D eigenvalue weighted by Gasteiger charge is -2.21. The fourth-order valence-corrected chi connectivity index (χ4v) is 3.47. The number of halogens is 1. The molecule has 156 valence electrons. The highest BCUT2D eigenvalue weighted by Gasteiger charge is 2.19. The molecular weight excluding hydrogens is 387 g/mol. The van der Waals surface area contributed by atoms with Crippen LogP contribution in [0.3, 0.4) is 0 Å². The van der Waals surface area contributed by atoms with Gasteiger partial charge in [0.15, 0.2) is 5.78 Å². The van der Waals surface area contributed by atoms with E-state index in [1.54, 1.807) is 42.2 Å². The molecule has 0 bridgehead atoms. The summed E-state index contributed by atoms with van der Waals surface area (Å²) >= 11 is 0. The van der Waals surface area contributed by atoms with Gasteiger partial charge in [-0.05, 0) is 49.1 Å². The number of Topliss-reactive ketones (excluding diaryl/α,β-unsaturated/α-hetero) is 1. The normalized spacial score (nSPS) is 14.6. The van der Waals surface area contributed by atoms with Crippen molar-refractivity contribution in [2.75, 3.05) is 13.2 Å². The summed E-state index contributed by atoms with van der Waals surface area (Å²) in [6.45, 7) is 1.65. The molecule has 8 heteroatoms. The van der Waals surface area contributed by atoms with E-state index in [2.05, 4.69) is 15.3 Å². The van der Waals surface area contributed by atoms with E-state index in [4.69, 9.17) is 9.47 Å². The molecular formula is C22H23FN4O3. The van der Waals surface area contributed by atoms with Crippen LogP contribution in [0.4, 0.5) is 4.39 Å². The van der Waals surface area contributed by atoms with Crippen LogP contribution < -0.4 is 4.74 Å². The summed E-state index contributed by atoms with van der Waals surface area (Å²) in [6, 6.07) is 9.50. The number of carbonyl (C=O) groups excluding carboxylic acids is 1. The van der Waals surface area contributed by atoms with Gasteiger partial charge < -0.3 is 9.47 Å². The first kappa shape index (κ1) is 20.2. The Kier molecular flexibility index (Phi) is 6.13. The van der Waals surface area contributed by atoms with Gasteiger partial charge in [-0.1, -0.05) is 5.21 Å². The van der Waals surface area contributed by atoms with Crippen molar-refractivity contribution in [1.82, 2.24) is 20.0 Å². The largest absolute Gasteiger partial charge is 0.471 e. The second-order valence-electron chi connectivity index (χ2n) is 7.37. The van der Waals surface area contributed by atoms with E-state index in [0.29, 0.717) is 29.5 Å². The van der Waals surface area contributed by atoms with E-state index in [1.165, 1.54) is 12.1 Å². The van der Waals surface area contributed by atoms with Crippen LogP contribution in [0, 0.1) is 11.7 Å². The summed E-state index contributed by atoms with van der Waals surface area (Å²) in [4.78, 5) is 16.7.